The standard InChI is InChI=1S/C31H45N2O7/c1-5-38-30(34)8-6-7-17-33-18-14-25(15-19-33)29(22-33)40-31(35)32(21-26-11-9-23(2)39-26)16-13-24-10-12-27(36-3)28(20-24)37-4/h9-12,20,25,29H,5-8,13-19,21-22H2,1-4H3/q+1/t25?,29-,33?/m1/s1. The number of carbonyl (C=O) groups excluding carboxylic acids is 2. The van der Waals surface area contributed by atoms with E-state index in [2.05, 4.69) is 0 Å². The summed E-state index contributed by atoms with van der Waals surface area (Å²) in [5.74, 6) is 3.18. The lowest BCUT2D eigenvalue weighted by atomic mass is 9.83. The maximum Gasteiger partial charge on any atom is 0.410 e. The summed E-state index contributed by atoms with van der Waals surface area (Å²) in [5, 5.41) is 0. The molecular formula is C31H45N2O7+. The maximum absolute atomic E-state index is 13.6. The van der Waals surface area contributed by atoms with Gasteiger partial charge in [0.1, 0.15) is 18.1 Å². The number of carbonyl (C=O) groups is 2. The normalized spacial score (nSPS) is 21.6. The lowest BCUT2D eigenvalue weighted by Gasteiger charge is -2.52. The second-order valence-electron chi connectivity index (χ2n) is 11.1. The SMILES string of the molecule is CCOC(=O)CCCC[N+]12CCC(CC1)[C@H](OC(=O)N(CCc1ccc(OC)c(OC)c1)Cc1ccc(C)o1)C2. The Kier molecular flexibility index (Phi) is 10.4. The van der Waals surface area contributed by atoms with Crippen LogP contribution in [-0.4, -0.2) is 81.1 Å². The summed E-state index contributed by atoms with van der Waals surface area (Å²) in [5.41, 5.74) is 1.04. The molecule has 3 aliphatic rings. The summed E-state index contributed by atoms with van der Waals surface area (Å²) in [6, 6.07) is 9.65. The van der Waals surface area contributed by atoms with Crippen molar-refractivity contribution in [1.29, 1.82) is 0 Å². The number of amides is 1. The lowest BCUT2D eigenvalue weighted by Crippen LogP contribution is -2.65. The number of ether oxygens (including phenoxy) is 4. The number of esters is 1. The average Bonchev–Trinajstić information content (AvgIpc) is 3.38. The van der Waals surface area contributed by atoms with Crippen molar-refractivity contribution in [2.75, 3.05) is 53.6 Å². The molecule has 5 rings (SSSR count). The van der Waals surface area contributed by atoms with E-state index in [1.54, 1.807) is 19.1 Å². The topological polar surface area (TPSA) is 87.4 Å². The molecule has 0 unspecified atom stereocenters. The van der Waals surface area contributed by atoms with Gasteiger partial charge < -0.3 is 32.7 Å². The molecule has 0 spiro atoms. The van der Waals surface area contributed by atoms with Crippen molar-refractivity contribution >= 4 is 12.1 Å². The number of quaternary nitrogens is 1. The zero-order valence-electron chi connectivity index (χ0n) is 24.5. The highest BCUT2D eigenvalue weighted by atomic mass is 16.6. The highest BCUT2D eigenvalue weighted by Gasteiger charge is 2.47. The molecular weight excluding hydrogens is 512 g/mol. The molecule has 0 radical (unpaired) electrons. The molecule has 3 fully saturated rings. The van der Waals surface area contributed by atoms with E-state index in [1.165, 1.54) is 0 Å². The van der Waals surface area contributed by atoms with Crippen LogP contribution < -0.4 is 9.47 Å². The number of hydrogen-bond acceptors (Lipinski definition) is 7. The predicted molar refractivity (Wildman–Crippen MR) is 150 cm³/mol. The second kappa shape index (κ2) is 13.9. The van der Waals surface area contributed by atoms with Gasteiger partial charge >= 0.3 is 12.1 Å². The molecule has 1 aromatic carbocycles. The third-order valence-electron chi connectivity index (χ3n) is 8.38. The molecule has 4 heterocycles. The number of methoxy groups -OCH3 is 2. The van der Waals surface area contributed by atoms with Crippen LogP contribution in [0.3, 0.4) is 0 Å². The van der Waals surface area contributed by atoms with Gasteiger partial charge in [-0.3, -0.25) is 4.79 Å². The first kappa shape index (κ1) is 29.8. The van der Waals surface area contributed by atoms with Gasteiger partial charge in [0.05, 0.1) is 47.0 Å². The highest BCUT2D eigenvalue weighted by molar-refractivity contribution is 5.69. The van der Waals surface area contributed by atoms with Gasteiger partial charge in [0.15, 0.2) is 17.6 Å². The van der Waals surface area contributed by atoms with Crippen molar-refractivity contribution in [1.82, 2.24) is 4.90 Å². The Bertz CT molecular complexity index is 1120. The number of aryl methyl sites for hydroxylation is 1. The van der Waals surface area contributed by atoms with Crippen LogP contribution in [0, 0.1) is 12.8 Å². The smallest absolute Gasteiger partial charge is 0.410 e. The molecule has 0 aliphatic carbocycles. The molecule has 1 amide bonds. The minimum absolute atomic E-state index is 0.0954. The minimum atomic E-state index is -0.297. The zero-order chi connectivity index (χ0) is 28.5. The number of hydrogen-bond donors (Lipinski definition) is 0. The number of unbranched alkanes of at least 4 members (excludes halogenated alkanes) is 1. The number of nitrogens with zero attached hydrogens (tertiary/aromatic N) is 2. The van der Waals surface area contributed by atoms with Gasteiger partial charge in [-0.25, -0.2) is 4.79 Å². The van der Waals surface area contributed by atoms with Gasteiger partial charge in [0.2, 0.25) is 0 Å². The molecule has 3 saturated heterocycles. The number of piperidine rings is 3. The third kappa shape index (κ3) is 7.71. The van der Waals surface area contributed by atoms with Crippen molar-refractivity contribution in [2.45, 2.75) is 65.0 Å². The Labute approximate surface area is 237 Å². The fourth-order valence-electron chi connectivity index (χ4n) is 6.12. The summed E-state index contributed by atoms with van der Waals surface area (Å²) in [6.45, 7) is 9.09. The first-order chi connectivity index (χ1) is 19.3. The molecule has 3 aliphatic heterocycles. The Balaban J connectivity index is 1.38. The number of benzene rings is 1. The molecule has 220 valence electrons. The van der Waals surface area contributed by atoms with E-state index in [1.807, 2.05) is 44.2 Å². The minimum Gasteiger partial charge on any atom is -0.493 e. The average molecular weight is 558 g/mol. The summed E-state index contributed by atoms with van der Waals surface area (Å²) in [7, 11) is 3.24. The number of fused-ring (bicyclic) bond motifs is 3. The lowest BCUT2D eigenvalue weighted by molar-refractivity contribution is -0.946. The molecule has 0 N–H and O–H groups in total. The maximum atomic E-state index is 13.6. The summed E-state index contributed by atoms with van der Waals surface area (Å²) in [6.07, 6.45) is 4.66. The van der Waals surface area contributed by atoms with Crippen LogP contribution in [0.15, 0.2) is 34.7 Å². The first-order valence-electron chi connectivity index (χ1n) is 14.6. The van der Waals surface area contributed by atoms with Gasteiger partial charge in [0, 0.05) is 31.7 Å². The monoisotopic (exact) mass is 557 g/mol. The molecule has 9 nitrogen and oxygen atoms in total. The van der Waals surface area contributed by atoms with Crippen LogP contribution in [0.25, 0.3) is 0 Å². The van der Waals surface area contributed by atoms with E-state index in [0.29, 0.717) is 50.0 Å². The van der Waals surface area contributed by atoms with Crippen molar-refractivity contribution in [3.05, 3.63) is 47.4 Å². The van der Waals surface area contributed by atoms with Crippen LogP contribution in [0.4, 0.5) is 4.79 Å². The molecule has 9 heteroatoms. The summed E-state index contributed by atoms with van der Waals surface area (Å²) >= 11 is 0. The van der Waals surface area contributed by atoms with E-state index < -0.39 is 0 Å². The zero-order valence-corrected chi connectivity index (χ0v) is 24.5. The predicted octanol–water partition coefficient (Wildman–Crippen LogP) is 5.13. The molecule has 2 bridgehead atoms. The third-order valence-corrected chi connectivity index (χ3v) is 8.38. The Hall–Kier alpha value is -3.20. The molecule has 0 saturated carbocycles. The Morgan fingerprint density at radius 1 is 1.05 bits per heavy atom. The highest BCUT2D eigenvalue weighted by Crippen LogP contribution is 2.36. The number of rotatable bonds is 14. The van der Waals surface area contributed by atoms with Crippen LogP contribution in [-0.2, 0) is 27.2 Å². The fraction of sp³-hybridized carbons (Fsp3) is 0.613. The van der Waals surface area contributed by atoms with Gasteiger partial charge in [-0.1, -0.05) is 6.07 Å². The van der Waals surface area contributed by atoms with Crippen molar-refractivity contribution in [2.24, 2.45) is 5.92 Å². The van der Waals surface area contributed by atoms with E-state index in [-0.39, 0.29) is 18.2 Å². The molecule has 2 aromatic rings. The van der Waals surface area contributed by atoms with Gasteiger partial charge in [0.25, 0.3) is 0 Å². The van der Waals surface area contributed by atoms with Crippen LogP contribution in [0.5, 0.6) is 11.5 Å². The fourth-order valence-corrected chi connectivity index (χ4v) is 6.12. The van der Waals surface area contributed by atoms with Crippen molar-refractivity contribution in [3.63, 3.8) is 0 Å². The van der Waals surface area contributed by atoms with E-state index in [0.717, 1.165) is 73.4 Å². The molecule has 40 heavy (non-hydrogen) atoms. The summed E-state index contributed by atoms with van der Waals surface area (Å²) in [4.78, 5) is 27.1. The van der Waals surface area contributed by atoms with Gasteiger partial charge in [-0.05, 0) is 62.9 Å². The van der Waals surface area contributed by atoms with E-state index in [4.69, 9.17) is 23.4 Å². The molecule has 1 atom stereocenters. The quantitative estimate of drug-likeness (QED) is 0.181. The Morgan fingerprint density at radius 3 is 2.50 bits per heavy atom. The van der Waals surface area contributed by atoms with E-state index in [9.17, 15) is 9.59 Å². The Morgan fingerprint density at radius 2 is 1.82 bits per heavy atom. The summed E-state index contributed by atoms with van der Waals surface area (Å²) < 4.78 is 28.9. The van der Waals surface area contributed by atoms with Crippen LogP contribution in [0.1, 0.15) is 56.1 Å². The van der Waals surface area contributed by atoms with Crippen LogP contribution in [0.2, 0.25) is 0 Å². The number of furan rings is 1. The first-order valence-corrected chi connectivity index (χ1v) is 14.6. The van der Waals surface area contributed by atoms with Crippen molar-refractivity contribution < 1.29 is 37.4 Å². The largest absolute Gasteiger partial charge is 0.493 e. The second-order valence-corrected chi connectivity index (χ2v) is 11.1. The van der Waals surface area contributed by atoms with Gasteiger partial charge in [-0.15, -0.1) is 0 Å². The van der Waals surface area contributed by atoms with Crippen LogP contribution >= 0.6 is 0 Å². The van der Waals surface area contributed by atoms with Gasteiger partial charge in [-0.2, -0.15) is 0 Å². The van der Waals surface area contributed by atoms with Crippen molar-refractivity contribution in [3.8, 4) is 11.5 Å². The molecule has 1 aromatic heterocycles. The van der Waals surface area contributed by atoms with E-state index >= 15 is 0 Å².